The second-order valence-electron chi connectivity index (χ2n) is 6.51. The molecule has 0 N–H and O–H groups in total. The van der Waals surface area contributed by atoms with E-state index in [4.69, 9.17) is 0 Å². The molecule has 0 radical (unpaired) electrons. The van der Waals surface area contributed by atoms with Gasteiger partial charge in [0.2, 0.25) is 0 Å². The van der Waals surface area contributed by atoms with Crippen molar-refractivity contribution >= 4 is 11.6 Å². The first-order valence-corrected chi connectivity index (χ1v) is 8.53. The van der Waals surface area contributed by atoms with Crippen LogP contribution in [0.15, 0.2) is 29.3 Å². The summed E-state index contributed by atoms with van der Waals surface area (Å²) in [7, 11) is 3.73. The third-order valence-corrected chi connectivity index (χ3v) is 4.63. The van der Waals surface area contributed by atoms with Gasteiger partial charge in [-0.1, -0.05) is 0 Å². The van der Waals surface area contributed by atoms with E-state index in [-0.39, 0.29) is 11.5 Å². The summed E-state index contributed by atoms with van der Waals surface area (Å²) in [5.41, 5.74) is 3.04. The van der Waals surface area contributed by atoms with Crippen LogP contribution < -0.4 is 10.5 Å². The summed E-state index contributed by atoms with van der Waals surface area (Å²) in [5, 5.41) is 9.23. The Hall–Kier alpha value is -3.14. The van der Waals surface area contributed by atoms with E-state index in [1.807, 2.05) is 25.9 Å². The Bertz CT molecular complexity index is 955. The molecule has 134 valence electrons. The molecule has 0 atom stereocenters. The molecule has 2 aromatic rings. The van der Waals surface area contributed by atoms with E-state index < -0.39 is 0 Å². The van der Waals surface area contributed by atoms with E-state index in [9.17, 15) is 14.9 Å². The van der Waals surface area contributed by atoms with Gasteiger partial charge in [-0.15, -0.1) is 0 Å². The van der Waals surface area contributed by atoms with Gasteiger partial charge >= 0.3 is 0 Å². The monoisotopic (exact) mass is 351 g/mol. The third-order valence-electron chi connectivity index (χ3n) is 4.63. The number of amides is 1. The standard InChI is InChI=1S/C19H21N5O2/c1-4-23-12-21-17-11-24(6-5-16(17)19(23)26)18(25)14-7-13(10-20)8-15(9-14)22(2)3/h7-9,12H,4-6,11H2,1-3H3. The normalized spacial score (nSPS) is 13.1. The highest BCUT2D eigenvalue weighted by atomic mass is 16.2. The van der Waals surface area contributed by atoms with Gasteiger partial charge in [0, 0.05) is 44.0 Å². The Balaban J connectivity index is 1.91. The number of nitrogens with zero attached hydrogens (tertiary/aromatic N) is 5. The molecule has 0 aliphatic carbocycles. The summed E-state index contributed by atoms with van der Waals surface area (Å²) in [6.07, 6.45) is 2.03. The molecule has 3 rings (SSSR count). The van der Waals surface area contributed by atoms with Crippen molar-refractivity contribution in [2.45, 2.75) is 26.4 Å². The zero-order chi connectivity index (χ0) is 18.8. The van der Waals surface area contributed by atoms with Gasteiger partial charge < -0.3 is 9.80 Å². The summed E-state index contributed by atoms with van der Waals surface area (Å²) >= 11 is 0. The number of aromatic nitrogens is 2. The van der Waals surface area contributed by atoms with Gasteiger partial charge in [0.15, 0.2) is 0 Å². The largest absolute Gasteiger partial charge is 0.378 e. The minimum Gasteiger partial charge on any atom is -0.378 e. The smallest absolute Gasteiger partial charge is 0.256 e. The Labute approximate surface area is 152 Å². The minimum atomic E-state index is -0.155. The van der Waals surface area contributed by atoms with Gasteiger partial charge in [-0.25, -0.2) is 4.98 Å². The lowest BCUT2D eigenvalue weighted by atomic mass is 10.0. The zero-order valence-corrected chi connectivity index (χ0v) is 15.2. The molecule has 0 fully saturated rings. The molecule has 1 aromatic carbocycles. The maximum atomic E-state index is 12.9. The van der Waals surface area contributed by atoms with Crippen LogP contribution in [0, 0.1) is 11.3 Å². The fraction of sp³-hybridized carbons (Fsp3) is 0.368. The number of aryl methyl sites for hydroxylation is 1. The van der Waals surface area contributed by atoms with Crippen LogP contribution in [0.5, 0.6) is 0 Å². The predicted molar refractivity (Wildman–Crippen MR) is 98.1 cm³/mol. The summed E-state index contributed by atoms with van der Waals surface area (Å²) in [4.78, 5) is 33.2. The fourth-order valence-electron chi connectivity index (χ4n) is 3.10. The van der Waals surface area contributed by atoms with Crippen molar-refractivity contribution in [2.75, 3.05) is 25.5 Å². The zero-order valence-electron chi connectivity index (χ0n) is 15.2. The van der Waals surface area contributed by atoms with Gasteiger partial charge in [-0.2, -0.15) is 5.26 Å². The van der Waals surface area contributed by atoms with Crippen molar-refractivity contribution in [3.05, 3.63) is 57.3 Å². The highest BCUT2D eigenvalue weighted by molar-refractivity contribution is 5.95. The van der Waals surface area contributed by atoms with Crippen molar-refractivity contribution in [3.8, 4) is 6.07 Å². The van der Waals surface area contributed by atoms with Crippen LogP contribution in [0.3, 0.4) is 0 Å². The van der Waals surface area contributed by atoms with Crippen LogP contribution in [0.25, 0.3) is 0 Å². The van der Waals surface area contributed by atoms with Crippen LogP contribution in [-0.4, -0.2) is 41.0 Å². The van der Waals surface area contributed by atoms with Crippen molar-refractivity contribution < 1.29 is 4.79 Å². The van der Waals surface area contributed by atoms with Crippen LogP contribution >= 0.6 is 0 Å². The Morgan fingerprint density at radius 1 is 1.35 bits per heavy atom. The Morgan fingerprint density at radius 2 is 2.12 bits per heavy atom. The SMILES string of the molecule is CCn1cnc2c(c1=O)CCN(C(=O)c1cc(C#N)cc(N(C)C)c1)C2. The van der Waals surface area contributed by atoms with E-state index in [1.165, 1.54) is 6.33 Å². The highest BCUT2D eigenvalue weighted by Crippen LogP contribution is 2.21. The summed E-state index contributed by atoms with van der Waals surface area (Å²) in [6, 6.07) is 7.23. The van der Waals surface area contributed by atoms with Crippen molar-refractivity contribution in [3.63, 3.8) is 0 Å². The number of hydrogen-bond acceptors (Lipinski definition) is 5. The highest BCUT2D eigenvalue weighted by Gasteiger charge is 2.25. The number of benzene rings is 1. The van der Waals surface area contributed by atoms with Gasteiger partial charge in [-0.3, -0.25) is 14.2 Å². The van der Waals surface area contributed by atoms with Crippen LogP contribution in [0.4, 0.5) is 5.69 Å². The van der Waals surface area contributed by atoms with Crippen molar-refractivity contribution in [1.29, 1.82) is 5.26 Å². The van der Waals surface area contributed by atoms with E-state index in [0.29, 0.717) is 48.4 Å². The quantitative estimate of drug-likeness (QED) is 0.835. The first-order chi connectivity index (χ1) is 12.4. The lowest BCUT2D eigenvalue weighted by Crippen LogP contribution is -2.40. The lowest BCUT2D eigenvalue weighted by molar-refractivity contribution is 0.0731. The number of hydrogen-bond donors (Lipinski definition) is 0. The molecule has 1 aliphatic rings. The lowest BCUT2D eigenvalue weighted by Gasteiger charge is -2.28. The maximum absolute atomic E-state index is 12.9. The predicted octanol–water partition coefficient (Wildman–Crippen LogP) is 1.40. The van der Waals surface area contributed by atoms with E-state index in [0.717, 1.165) is 5.69 Å². The van der Waals surface area contributed by atoms with Gasteiger partial charge in [0.1, 0.15) is 0 Å². The van der Waals surface area contributed by atoms with E-state index in [1.54, 1.807) is 27.7 Å². The minimum absolute atomic E-state index is 0.0222. The number of nitriles is 1. The molecular weight excluding hydrogens is 330 g/mol. The molecule has 7 nitrogen and oxygen atoms in total. The van der Waals surface area contributed by atoms with E-state index >= 15 is 0 Å². The average molecular weight is 351 g/mol. The summed E-state index contributed by atoms with van der Waals surface area (Å²) in [6.45, 7) is 3.25. The Morgan fingerprint density at radius 3 is 2.77 bits per heavy atom. The maximum Gasteiger partial charge on any atom is 0.256 e. The molecular formula is C19H21N5O2. The Kier molecular flexibility index (Phi) is 4.76. The summed E-state index contributed by atoms with van der Waals surface area (Å²) in [5.74, 6) is -0.155. The van der Waals surface area contributed by atoms with Gasteiger partial charge in [0.05, 0.1) is 30.2 Å². The molecule has 0 saturated carbocycles. The molecule has 26 heavy (non-hydrogen) atoms. The molecule has 7 heteroatoms. The second kappa shape index (κ2) is 7.00. The van der Waals surface area contributed by atoms with Gasteiger partial charge in [-0.05, 0) is 31.5 Å². The average Bonchev–Trinajstić information content (AvgIpc) is 2.67. The molecule has 1 amide bonds. The van der Waals surface area contributed by atoms with Gasteiger partial charge in [0.25, 0.3) is 11.5 Å². The summed E-state index contributed by atoms with van der Waals surface area (Å²) < 4.78 is 1.58. The number of anilines is 1. The van der Waals surface area contributed by atoms with E-state index in [2.05, 4.69) is 11.1 Å². The topological polar surface area (TPSA) is 82.2 Å². The number of rotatable bonds is 3. The molecule has 1 aromatic heterocycles. The molecule has 0 unspecified atom stereocenters. The van der Waals surface area contributed by atoms with Crippen LogP contribution in [0.1, 0.15) is 34.1 Å². The van der Waals surface area contributed by atoms with Crippen LogP contribution in [-0.2, 0) is 19.5 Å². The van der Waals surface area contributed by atoms with Crippen molar-refractivity contribution in [2.24, 2.45) is 0 Å². The second-order valence-corrected chi connectivity index (χ2v) is 6.51. The number of carbonyl (C=O) groups is 1. The molecule has 0 spiro atoms. The number of fused-ring (bicyclic) bond motifs is 1. The third kappa shape index (κ3) is 3.18. The number of carbonyl (C=O) groups excluding carboxylic acids is 1. The van der Waals surface area contributed by atoms with Crippen molar-refractivity contribution in [1.82, 2.24) is 14.5 Å². The molecule has 2 heterocycles. The fourth-order valence-corrected chi connectivity index (χ4v) is 3.10. The van der Waals surface area contributed by atoms with Crippen LogP contribution in [0.2, 0.25) is 0 Å². The molecule has 0 saturated heterocycles. The molecule has 0 bridgehead atoms. The first kappa shape index (κ1) is 17.7. The molecule has 1 aliphatic heterocycles. The first-order valence-electron chi connectivity index (χ1n) is 8.53.